The average molecular weight is 309 g/mol. The summed E-state index contributed by atoms with van der Waals surface area (Å²) < 4.78 is 2.14. The molecule has 1 aliphatic rings. The Hall–Kier alpha value is -0.980. The summed E-state index contributed by atoms with van der Waals surface area (Å²) in [6, 6.07) is 0.290. The van der Waals surface area contributed by atoms with Crippen molar-refractivity contribution in [2.24, 2.45) is 5.73 Å². The summed E-state index contributed by atoms with van der Waals surface area (Å²) in [6.45, 7) is 8.78. The fraction of sp³-hybridized carbons (Fsp3) is 0.733. The lowest BCUT2D eigenvalue weighted by molar-refractivity contribution is 0.113. The molecule has 1 atom stereocenters. The number of aryl methyl sites for hydroxylation is 1. The molecule has 0 saturated carbocycles. The van der Waals surface area contributed by atoms with Crippen LogP contribution >= 0.6 is 12.2 Å². The van der Waals surface area contributed by atoms with Crippen molar-refractivity contribution in [3.05, 3.63) is 18.7 Å². The molecule has 2 heterocycles. The van der Waals surface area contributed by atoms with Crippen molar-refractivity contribution in [1.29, 1.82) is 0 Å². The third-order valence-corrected chi connectivity index (χ3v) is 4.46. The van der Waals surface area contributed by atoms with Gasteiger partial charge in [-0.25, -0.2) is 4.98 Å². The Morgan fingerprint density at radius 1 is 1.29 bits per heavy atom. The number of piperazine rings is 1. The molecule has 0 aromatic carbocycles. The molecular formula is C15H27N5S. The summed E-state index contributed by atoms with van der Waals surface area (Å²) in [6.07, 6.45) is 9.13. The van der Waals surface area contributed by atoms with Gasteiger partial charge in [0.15, 0.2) is 0 Å². The summed E-state index contributed by atoms with van der Waals surface area (Å²) in [5.41, 5.74) is 5.89. The highest BCUT2D eigenvalue weighted by atomic mass is 32.1. The van der Waals surface area contributed by atoms with E-state index in [0.29, 0.717) is 4.99 Å². The van der Waals surface area contributed by atoms with Gasteiger partial charge in [-0.15, -0.1) is 0 Å². The van der Waals surface area contributed by atoms with Crippen molar-refractivity contribution in [3.63, 3.8) is 0 Å². The van der Waals surface area contributed by atoms with Gasteiger partial charge >= 0.3 is 0 Å². The second-order valence-corrected chi connectivity index (χ2v) is 6.21. The van der Waals surface area contributed by atoms with Gasteiger partial charge in [0, 0.05) is 45.1 Å². The highest BCUT2D eigenvalue weighted by molar-refractivity contribution is 7.80. The first kappa shape index (κ1) is 16.4. The fourth-order valence-electron chi connectivity index (χ4n) is 2.97. The van der Waals surface area contributed by atoms with E-state index in [1.54, 1.807) is 0 Å². The number of nitrogens with zero attached hydrogens (tertiary/aromatic N) is 4. The van der Waals surface area contributed by atoms with Crippen molar-refractivity contribution >= 4 is 17.2 Å². The van der Waals surface area contributed by atoms with Crippen LogP contribution in [0, 0.1) is 0 Å². The molecule has 21 heavy (non-hydrogen) atoms. The van der Waals surface area contributed by atoms with E-state index in [4.69, 9.17) is 18.0 Å². The third kappa shape index (κ3) is 5.05. The molecule has 118 valence electrons. The third-order valence-electron chi connectivity index (χ3n) is 4.19. The van der Waals surface area contributed by atoms with Gasteiger partial charge in [-0.05, 0) is 19.4 Å². The SMILES string of the molecule is CCCC(C(N)=S)N1CCN(CCCn2ccnc2)CC1. The Morgan fingerprint density at radius 3 is 2.62 bits per heavy atom. The van der Waals surface area contributed by atoms with Crippen molar-refractivity contribution in [3.8, 4) is 0 Å². The summed E-state index contributed by atoms with van der Waals surface area (Å²) in [5, 5.41) is 0. The molecule has 0 radical (unpaired) electrons. The Bertz CT molecular complexity index is 412. The maximum Gasteiger partial charge on any atom is 0.0945 e. The quantitative estimate of drug-likeness (QED) is 0.735. The van der Waals surface area contributed by atoms with Gasteiger partial charge in [0.2, 0.25) is 0 Å². The molecule has 1 unspecified atom stereocenters. The zero-order valence-corrected chi connectivity index (χ0v) is 13.8. The van der Waals surface area contributed by atoms with Crippen molar-refractivity contribution in [1.82, 2.24) is 19.4 Å². The maximum atomic E-state index is 5.89. The Labute approximate surface area is 133 Å². The number of aromatic nitrogens is 2. The Balaban J connectivity index is 1.68. The van der Waals surface area contributed by atoms with Crippen LogP contribution in [0.4, 0.5) is 0 Å². The van der Waals surface area contributed by atoms with Crippen LogP contribution in [0.25, 0.3) is 0 Å². The predicted octanol–water partition coefficient (Wildman–Crippen LogP) is 1.35. The second-order valence-electron chi connectivity index (χ2n) is 5.74. The zero-order valence-electron chi connectivity index (χ0n) is 12.9. The molecule has 0 aliphatic carbocycles. The Morgan fingerprint density at radius 2 is 2.05 bits per heavy atom. The lowest BCUT2D eigenvalue weighted by Crippen LogP contribution is -2.53. The standard InChI is InChI=1S/C15H27N5S/c1-2-4-14(15(16)21)20-11-9-18(10-12-20)6-3-7-19-8-5-17-13-19/h5,8,13-14H,2-4,6-7,9-12H2,1H3,(H2,16,21). The summed E-state index contributed by atoms with van der Waals surface area (Å²) in [5.74, 6) is 0. The van der Waals surface area contributed by atoms with Crippen LogP contribution in [0.2, 0.25) is 0 Å². The van der Waals surface area contributed by atoms with Crippen LogP contribution in [-0.4, -0.2) is 63.1 Å². The van der Waals surface area contributed by atoms with E-state index >= 15 is 0 Å². The van der Waals surface area contributed by atoms with Crippen LogP contribution in [0.3, 0.4) is 0 Å². The average Bonchev–Trinajstić information content (AvgIpc) is 2.99. The zero-order chi connectivity index (χ0) is 15.1. The minimum absolute atomic E-state index is 0.290. The van der Waals surface area contributed by atoms with Crippen LogP contribution in [-0.2, 0) is 6.54 Å². The minimum atomic E-state index is 0.290. The highest BCUT2D eigenvalue weighted by Gasteiger charge is 2.24. The molecule has 0 amide bonds. The topological polar surface area (TPSA) is 50.3 Å². The van der Waals surface area contributed by atoms with E-state index in [2.05, 4.69) is 26.3 Å². The van der Waals surface area contributed by atoms with E-state index < -0.39 is 0 Å². The van der Waals surface area contributed by atoms with Gasteiger partial charge in [0.05, 0.1) is 17.4 Å². The van der Waals surface area contributed by atoms with Crippen molar-refractivity contribution in [2.75, 3.05) is 32.7 Å². The molecule has 1 aliphatic heterocycles. The van der Waals surface area contributed by atoms with Gasteiger partial charge < -0.3 is 15.2 Å². The van der Waals surface area contributed by atoms with E-state index in [-0.39, 0.29) is 6.04 Å². The number of hydrogen-bond acceptors (Lipinski definition) is 4. The Kier molecular flexibility index (Phi) is 6.60. The summed E-state index contributed by atoms with van der Waals surface area (Å²) in [4.78, 5) is 9.72. The fourth-order valence-corrected chi connectivity index (χ4v) is 3.24. The number of rotatable bonds is 8. The van der Waals surface area contributed by atoms with E-state index in [0.717, 1.165) is 52.1 Å². The number of hydrogen-bond donors (Lipinski definition) is 1. The van der Waals surface area contributed by atoms with Crippen LogP contribution < -0.4 is 5.73 Å². The summed E-state index contributed by atoms with van der Waals surface area (Å²) >= 11 is 5.22. The van der Waals surface area contributed by atoms with Gasteiger partial charge in [0.25, 0.3) is 0 Å². The molecule has 1 saturated heterocycles. The van der Waals surface area contributed by atoms with E-state index in [9.17, 15) is 0 Å². The van der Waals surface area contributed by atoms with Crippen molar-refractivity contribution < 1.29 is 0 Å². The monoisotopic (exact) mass is 309 g/mol. The molecule has 5 nitrogen and oxygen atoms in total. The summed E-state index contributed by atoms with van der Waals surface area (Å²) in [7, 11) is 0. The smallest absolute Gasteiger partial charge is 0.0945 e. The molecular weight excluding hydrogens is 282 g/mol. The first-order valence-electron chi connectivity index (χ1n) is 7.92. The molecule has 2 rings (SSSR count). The maximum absolute atomic E-state index is 5.89. The first-order valence-corrected chi connectivity index (χ1v) is 8.33. The highest BCUT2D eigenvalue weighted by Crippen LogP contribution is 2.12. The molecule has 2 N–H and O–H groups in total. The molecule has 1 aromatic heterocycles. The van der Waals surface area contributed by atoms with Crippen molar-refractivity contribution in [2.45, 2.75) is 38.8 Å². The van der Waals surface area contributed by atoms with E-state index in [1.165, 1.54) is 6.42 Å². The number of thiocarbonyl (C=S) groups is 1. The van der Waals surface area contributed by atoms with Crippen LogP contribution in [0.5, 0.6) is 0 Å². The van der Waals surface area contributed by atoms with Gasteiger partial charge in [-0.1, -0.05) is 25.6 Å². The number of imidazole rings is 1. The normalized spacial score (nSPS) is 18.7. The largest absolute Gasteiger partial charge is 0.392 e. The molecule has 1 aromatic rings. The number of nitrogens with two attached hydrogens (primary N) is 1. The van der Waals surface area contributed by atoms with Gasteiger partial charge in [0.1, 0.15) is 0 Å². The minimum Gasteiger partial charge on any atom is -0.392 e. The molecule has 0 spiro atoms. The second kappa shape index (κ2) is 8.46. The predicted molar refractivity (Wildman–Crippen MR) is 90.3 cm³/mol. The molecule has 1 fully saturated rings. The lowest BCUT2D eigenvalue weighted by atomic mass is 10.1. The van der Waals surface area contributed by atoms with Crippen LogP contribution in [0.1, 0.15) is 26.2 Å². The lowest BCUT2D eigenvalue weighted by Gasteiger charge is -2.39. The van der Waals surface area contributed by atoms with Gasteiger partial charge in [-0.3, -0.25) is 4.90 Å². The van der Waals surface area contributed by atoms with E-state index in [1.807, 2.05) is 18.7 Å². The first-order chi connectivity index (χ1) is 10.2. The molecule has 6 heteroatoms. The van der Waals surface area contributed by atoms with Gasteiger partial charge in [-0.2, -0.15) is 0 Å². The van der Waals surface area contributed by atoms with Crippen LogP contribution in [0.15, 0.2) is 18.7 Å². The molecule has 0 bridgehead atoms.